The van der Waals surface area contributed by atoms with Gasteiger partial charge in [0.15, 0.2) is 0 Å². The molecule has 0 saturated carbocycles. The van der Waals surface area contributed by atoms with E-state index >= 15 is 0 Å². The van der Waals surface area contributed by atoms with E-state index in [1.54, 1.807) is 0 Å². The van der Waals surface area contributed by atoms with E-state index in [-0.39, 0.29) is 0 Å². The van der Waals surface area contributed by atoms with Crippen LogP contribution in [0.5, 0.6) is 0 Å². The summed E-state index contributed by atoms with van der Waals surface area (Å²) in [4.78, 5) is 2.71. The van der Waals surface area contributed by atoms with E-state index in [2.05, 4.69) is 22.2 Å². The highest BCUT2D eigenvalue weighted by molar-refractivity contribution is 6.05. The maximum absolute atomic E-state index is 8.21. The van der Waals surface area contributed by atoms with Crippen molar-refractivity contribution >= 4 is 28.0 Å². The van der Waals surface area contributed by atoms with Gasteiger partial charge >= 0.3 is 0 Å². The molecular weight excluding hydrogens is 238 g/mol. The monoisotopic (exact) mass is 249 g/mol. The maximum atomic E-state index is 8.21. The van der Waals surface area contributed by atoms with E-state index in [1.165, 1.54) is 0 Å². The van der Waals surface area contributed by atoms with Crippen LogP contribution in [0.1, 0.15) is 5.56 Å². The van der Waals surface area contributed by atoms with Crippen LogP contribution in [0.2, 0.25) is 0 Å². The molecule has 2 aromatic carbocycles. The van der Waals surface area contributed by atoms with Gasteiger partial charge in [-0.2, -0.15) is 0 Å². The fraction of sp³-hybridized carbons (Fsp3) is 0.0667. The molecule has 1 aromatic heterocycles. The van der Waals surface area contributed by atoms with Gasteiger partial charge in [0.1, 0.15) is 11.2 Å². The second-order valence-electron chi connectivity index (χ2n) is 4.17. The summed E-state index contributed by atoms with van der Waals surface area (Å²) in [5.74, 6) is 0. The van der Waals surface area contributed by atoms with Crippen molar-refractivity contribution < 1.29 is 4.42 Å². The van der Waals surface area contributed by atoms with Crippen LogP contribution in [0.15, 0.2) is 58.1 Å². The van der Waals surface area contributed by atoms with Gasteiger partial charge in [0.25, 0.3) is 0 Å². The third kappa shape index (κ3) is 2.17. The fourth-order valence-corrected chi connectivity index (χ4v) is 2.12. The number of hydrogen-bond acceptors (Lipinski definition) is 2. The first-order valence-corrected chi connectivity index (χ1v) is 5.97. The Morgan fingerprint density at radius 1 is 1.11 bits per heavy atom. The van der Waals surface area contributed by atoms with Crippen LogP contribution in [-0.2, 0) is 0 Å². The molecule has 19 heavy (non-hydrogen) atoms. The summed E-state index contributed by atoms with van der Waals surface area (Å²) in [7, 11) is 0. The van der Waals surface area contributed by atoms with Crippen molar-refractivity contribution in [3.8, 4) is 0 Å². The van der Waals surface area contributed by atoms with Gasteiger partial charge < -0.3 is 4.42 Å². The molecule has 0 amide bonds. The molecule has 3 aromatic rings. The number of furan rings is 1. The van der Waals surface area contributed by atoms with Crippen LogP contribution in [-0.4, -0.2) is 6.54 Å². The predicted molar refractivity (Wildman–Crippen MR) is 76.8 cm³/mol. The summed E-state index contributed by atoms with van der Waals surface area (Å²) in [5.41, 5.74) is 11.0. The molecular formula is C15H11N3O. The third-order valence-electron chi connectivity index (χ3n) is 2.96. The Bertz CT molecular complexity index is 810. The van der Waals surface area contributed by atoms with Crippen molar-refractivity contribution in [3.63, 3.8) is 0 Å². The molecule has 0 aliphatic rings. The Balaban J connectivity index is 2.06. The number of fused-ring (bicyclic) bond motifs is 3. The van der Waals surface area contributed by atoms with Crippen molar-refractivity contribution in [2.45, 2.75) is 0 Å². The Hall–Kier alpha value is -2.71. The fourth-order valence-electron chi connectivity index (χ4n) is 2.12. The molecule has 0 aliphatic heterocycles. The molecule has 3 rings (SSSR count). The molecule has 1 heterocycles. The minimum atomic E-state index is 0.362. The zero-order chi connectivity index (χ0) is 13.1. The van der Waals surface area contributed by atoms with E-state index < -0.39 is 0 Å². The number of azide groups is 1. The summed E-state index contributed by atoms with van der Waals surface area (Å²) in [6, 6.07) is 14.0. The predicted octanol–water partition coefficient (Wildman–Crippen LogP) is 4.91. The number of nitrogens with zero attached hydrogens (tertiary/aromatic N) is 3. The average molecular weight is 249 g/mol. The Labute approximate surface area is 109 Å². The van der Waals surface area contributed by atoms with Crippen LogP contribution in [0, 0.1) is 0 Å². The van der Waals surface area contributed by atoms with Gasteiger partial charge in [-0.15, -0.1) is 0 Å². The molecule has 4 nitrogen and oxygen atoms in total. The molecule has 0 bridgehead atoms. The van der Waals surface area contributed by atoms with E-state index in [9.17, 15) is 0 Å². The van der Waals surface area contributed by atoms with Gasteiger partial charge in [0.05, 0.1) is 0 Å². The van der Waals surface area contributed by atoms with Crippen LogP contribution < -0.4 is 0 Å². The highest BCUT2D eigenvalue weighted by Crippen LogP contribution is 2.29. The number of para-hydroxylation sites is 1. The lowest BCUT2D eigenvalue weighted by Crippen LogP contribution is -1.73. The van der Waals surface area contributed by atoms with Gasteiger partial charge in [-0.05, 0) is 29.3 Å². The normalized spacial score (nSPS) is 11.2. The average Bonchev–Trinajstić information content (AvgIpc) is 2.82. The van der Waals surface area contributed by atoms with Crippen LogP contribution in [0.3, 0.4) is 0 Å². The van der Waals surface area contributed by atoms with E-state index in [0.717, 1.165) is 27.5 Å². The summed E-state index contributed by atoms with van der Waals surface area (Å²) in [6.45, 7) is 0.362. The molecule has 0 unspecified atom stereocenters. The summed E-state index contributed by atoms with van der Waals surface area (Å²) >= 11 is 0. The van der Waals surface area contributed by atoms with Gasteiger partial charge in [-0.25, -0.2) is 0 Å². The van der Waals surface area contributed by atoms with Gasteiger partial charge in [-0.1, -0.05) is 41.5 Å². The molecule has 0 atom stereocenters. The summed E-state index contributed by atoms with van der Waals surface area (Å²) in [6.07, 6.45) is 3.78. The van der Waals surface area contributed by atoms with Crippen LogP contribution in [0.25, 0.3) is 38.5 Å². The van der Waals surface area contributed by atoms with Crippen molar-refractivity contribution in [2.24, 2.45) is 5.11 Å². The Kier molecular flexibility index (Phi) is 2.93. The van der Waals surface area contributed by atoms with Crippen molar-refractivity contribution in [1.82, 2.24) is 0 Å². The van der Waals surface area contributed by atoms with Crippen LogP contribution >= 0.6 is 0 Å². The minimum absolute atomic E-state index is 0.362. The molecule has 92 valence electrons. The van der Waals surface area contributed by atoms with Gasteiger partial charge in [-0.3, -0.25) is 0 Å². The summed E-state index contributed by atoms with van der Waals surface area (Å²) in [5, 5.41) is 5.68. The first-order valence-electron chi connectivity index (χ1n) is 5.97. The second-order valence-corrected chi connectivity index (χ2v) is 4.17. The van der Waals surface area contributed by atoms with E-state index in [1.807, 2.05) is 42.5 Å². The smallest absolute Gasteiger partial charge is 0.135 e. The van der Waals surface area contributed by atoms with Gasteiger partial charge in [0, 0.05) is 22.2 Å². The first-order chi connectivity index (χ1) is 9.38. The third-order valence-corrected chi connectivity index (χ3v) is 2.96. The SMILES string of the molecule is [N-]=[N+]=NCC=Cc1ccc2oc3ccccc3c2c1. The number of hydrogen-bond donors (Lipinski definition) is 0. The lowest BCUT2D eigenvalue weighted by Gasteiger charge is -1.93. The maximum Gasteiger partial charge on any atom is 0.135 e. The molecule has 0 radical (unpaired) electrons. The number of rotatable bonds is 3. The molecule has 4 heteroatoms. The largest absolute Gasteiger partial charge is 0.456 e. The van der Waals surface area contributed by atoms with Crippen molar-refractivity contribution in [3.05, 3.63) is 64.5 Å². The highest BCUT2D eigenvalue weighted by atomic mass is 16.3. The van der Waals surface area contributed by atoms with E-state index in [0.29, 0.717) is 6.54 Å². The number of benzene rings is 2. The van der Waals surface area contributed by atoms with E-state index in [4.69, 9.17) is 9.95 Å². The lowest BCUT2D eigenvalue weighted by molar-refractivity contribution is 0.669. The summed E-state index contributed by atoms with van der Waals surface area (Å²) < 4.78 is 5.76. The Morgan fingerprint density at radius 3 is 2.84 bits per heavy atom. The van der Waals surface area contributed by atoms with Gasteiger partial charge in [0.2, 0.25) is 0 Å². The first kappa shape index (κ1) is 11.4. The second kappa shape index (κ2) is 4.88. The van der Waals surface area contributed by atoms with Crippen molar-refractivity contribution in [1.29, 1.82) is 0 Å². The van der Waals surface area contributed by atoms with Crippen LogP contribution in [0.4, 0.5) is 0 Å². The minimum Gasteiger partial charge on any atom is -0.456 e. The zero-order valence-electron chi connectivity index (χ0n) is 10.2. The zero-order valence-corrected chi connectivity index (χ0v) is 10.2. The molecule has 0 fully saturated rings. The standard InChI is InChI=1S/C15H11N3O/c16-18-17-9-3-4-11-7-8-15-13(10-11)12-5-1-2-6-14(12)19-15/h1-8,10H,9H2. The quantitative estimate of drug-likeness (QED) is 0.369. The topological polar surface area (TPSA) is 61.9 Å². The molecule has 0 aliphatic carbocycles. The molecule has 0 saturated heterocycles. The molecule has 0 N–H and O–H groups in total. The highest BCUT2D eigenvalue weighted by Gasteiger charge is 2.05. The Morgan fingerprint density at radius 2 is 1.95 bits per heavy atom. The lowest BCUT2D eigenvalue weighted by atomic mass is 10.1. The molecule has 0 spiro atoms. The van der Waals surface area contributed by atoms with Crippen molar-refractivity contribution in [2.75, 3.05) is 6.54 Å².